The summed E-state index contributed by atoms with van der Waals surface area (Å²) in [4.78, 5) is 25.1. The highest BCUT2D eigenvalue weighted by Gasteiger charge is 2.35. The van der Waals surface area contributed by atoms with E-state index < -0.39 is 11.6 Å². The van der Waals surface area contributed by atoms with Gasteiger partial charge in [0.15, 0.2) is 6.23 Å². The zero-order valence-corrected chi connectivity index (χ0v) is 11.4. The van der Waals surface area contributed by atoms with Crippen LogP contribution in [0.4, 0.5) is 0 Å². The van der Waals surface area contributed by atoms with E-state index in [1.54, 1.807) is 33.9 Å². The van der Waals surface area contributed by atoms with E-state index in [1.165, 1.54) is 4.90 Å². The average Bonchev–Trinajstić information content (AvgIpc) is 2.44. The molecule has 1 heterocycles. The van der Waals surface area contributed by atoms with Gasteiger partial charge in [-0.25, -0.2) is 0 Å². The standard InChI is InChI=1S/C13H21NO3/c1-8(2)9-7-10(14(6)11(9)15)17-12(16)13(3,4)5/h7-8,10H,1-6H3. The van der Waals surface area contributed by atoms with Crippen molar-refractivity contribution in [1.29, 1.82) is 0 Å². The molecule has 17 heavy (non-hydrogen) atoms. The molecule has 1 unspecified atom stereocenters. The van der Waals surface area contributed by atoms with E-state index in [-0.39, 0.29) is 17.8 Å². The molecule has 0 radical (unpaired) electrons. The highest BCUT2D eigenvalue weighted by atomic mass is 16.6. The Bertz CT molecular complexity index is 363. The molecule has 1 rings (SSSR count). The Morgan fingerprint density at radius 1 is 1.41 bits per heavy atom. The van der Waals surface area contributed by atoms with E-state index in [1.807, 2.05) is 13.8 Å². The first-order valence-corrected chi connectivity index (χ1v) is 5.84. The third-order valence-corrected chi connectivity index (χ3v) is 2.73. The molecule has 0 aromatic heterocycles. The second-order valence-electron chi connectivity index (χ2n) is 5.74. The van der Waals surface area contributed by atoms with Crippen LogP contribution in [0, 0.1) is 11.3 Å². The molecule has 1 aliphatic heterocycles. The predicted octanol–water partition coefficient (Wildman–Crippen LogP) is 1.96. The third-order valence-electron chi connectivity index (χ3n) is 2.73. The van der Waals surface area contributed by atoms with Gasteiger partial charge in [0, 0.05) is 12.6 Å². The van der Waals surface area contributed by atoms with Gasteiger partial charge in [-0.3, -0.25) is 9.59 Å². The zero-order chi connectivity index (χ0) is 13.4. The summed E-state index contributed by atoms with van der Waals surface area (Å²) in [7, 11) is 1.65. The van der Waals surface area contributed by atoms with Crippen LogP contribution in [-0.4, -0.2) is 30.1 Å². The molecule has 4 nitrogen and oxygen atoms in total. The second-order valence-corrected chi connectivity index (χ2v) is 5.74. The fraction of sp³-hybridized carbons (Fsp3) is 0.692. The Hall–Kier alpha value is -1.32. The lowest BCUT2D eigenvalue weighted by molar-refractivity contribution is -0.164. The van der Waals surface area contributed by atoms with Crippen LogP contribution in [0.5, 0.6) is 0 Å². The number of carbonyl (C=O) groups is 2. The van der Waals surface area contributed by atoms with Gasteiger partial charge >= 0.3 is 5.97 Å². The Morgan fingerprint density at radius 2 is 1.94 bits per heavy atom. The molecule has 0 aromatic carbocycles. The summed E-state index contributed by atoms with van der Waals surface area (Å²) in [6.45, 7) is 9.27. The van der Waals surface area contributed by atoms with Gasteiger partial charge in [-0.15, -0.1) is 0 Å². The summed E-state index contributed by atoms with van der Waals surface area (Å²) in [6.07, 6.45) is 1.17. The Kier molecular flexibility index (Phi) is 3.65. The first-order valence-electron chi connectivity index (χ1n) is 5.84. The molecule has 0 spiro atoms. The Labute approximate surface area is 103 Å². The summed E-state index contributed by atoms with van der Waals surface area (Å²) >= 11 is 0. The molecule has 0 bridgehead atoms. The monoisotopic (exact) mass is 239 g/mol. The van der Waals surface area contributed by atoms with Crippen molar-refractivity contribution in [2.75, 3.05) is 7.05 Å². The maximum Gasteiger partial charge on any atom is 0.313 e. The number of hydrogen-bond donors (Lipinski definition) is 0. The number of hydrogen-bond acceptors (Lipinski definition) is 3. The summed E-state index contributed by atoms with van der Waals surface area (Å²) in [5, 5.41) is 0. The van der Waals surface area contributed by atoms with Crippen molar-refractivity contribution in [3.05, 3.63) is 11.6 Å². The predicted molar refractivity (Wildman–Crippen MR) is 65.0 cm³/mol. The normalized spacial score (nSPS) is 20.9. The molecule has 0 fully saturated rings. The second kappa shape index (κ2) is 4.51. The number of ether oxygens (including phenoxy) is 1. The number of carbonyl (C=O) groups excluding carboxylic acids is 2. The van der Waals surface area contributed by atoms with Crippen LogP contribution in [0.15, 0.2) is 11.6 Å². The molecule has 0 aliphatic carbocycles. The van der Waals surface area contributed by atoms with Gasteiger partial charge in [0.05, 0.1) is 5.41 Å². The van der Waals surface area contributed by atoms with Crippen LogP contribution in [0.1, 0.15) is 34.6 Å². The van der Waals surface area contributed by atoms with Crippen LogP contribution in [0.2, 0.25) is 0 Å². The summed E-state index contributed by atoms with van der Waals surface area (Å²) < 4.78 is 5.33. The number of nitrogens with zero attached hydrogens (tertiary/aromatic N) is 1. The lowest BCUT2D eigenvalue weighted by Crippen LogP contribution is -2.37. The summed E-state index contributed by atoms with van der Waals surface area (Å²) in [5.74, 6) is -0.224. The van der Waals surface area contributed by atoms with Crippen LogP contribution < -0.4 is 0 Å². The molecule has 0 saturated carbocycles. The lowest BCUT2D eigenvalue weighted by atomic mass is 9.97. The fourth-order valence-corrected chi connectivity index (χ4v) is 1.49. The van der Waals surface area contributed by atoms with Crippen molar-refractivity contribution in [3.63, 3.8) is 0 Å². The fourth-order valence-electron chi connectivity index (χ4n) is 1.49. The van der Waals surface area contributed by atoms with Gasteiger partial charge in [0.25, 0.3) is 5.91 Å². The minimum Gasteiger partial charge on any atom is -0.437 e. The van der Waals surface area contributed by atoms with Gasteiger partial charge in [0.1, 0.15) is 0 Å². The molecule has 4 heteroatoms. The van der Waals surface area contributed by atoms with Gasteiger partial charge < -0.3 is 9.64 Å². The Balaban J connectivity index is 2.81. The van der Waals surface area contributed by atoms with Gasteiger partial charge in [-0.1, -0.05) is 13.8 Å². The molecule has 0 saturated heterocycles. The molecular weight excluding hydrogens is 218 g/mol. The number of amides is 1. The van der Waals surface area contributed by atoms with E-state index in [9.17, 15) is 9.59 Å². The van der Waals surface area contributed by atoms with Gasteiger partial charge in [-0.2, -0.15) is 0 Å². The summed E-state index contributed by atoms with van der Waals surface area (Å²) in [5.41, 5.74) is 0.150. The number of esters is 1. The first-order chi connectivity index (χ1) is 7.64. The minimum absolute atomic E-state index is 0.0632. The van der Waals surface area contributed by atoms with Gasteiger partial charge in [0.2, 0.25) is 0 Å². The molecule has 0 aromatic rings. The highest BCUT2D eigenvalue weighted by Crippen LogP contribution is 2.25. The van der Waals surface area contributed by atoms with Crippen molar-refractivity contribution >= 4 is 11.9 Å². The molecule has 1 aliphatic rings. The van der Waals surface area contributed by atoms with Crippen LogP contribution >= 0.6 is 0 Å². The van der Waals surface area contributed by atoms with Crippen molar-refractivity contribution in [2.24, 2.45) is 11.3 Å². The van der Waals surface area contributed by atoms with Crippen molar-refractivity contribution in [2.45, 2.75) is 40.8 Å². The molecule has 96 valence electrons. The van der Waals surface area contributed by atoms with Crippen molar-refractivity contribution in [1.82, 2.24) is 4.90 Å². The molecule has 1 atom stereocenters. The van der Waals surface area contributed by atoms with E-state index in [4.69, 9.17) is 4.74 Å². The quantitative estimate of drug-likeness (QED) is 0.692. The van der Waals surface area contributed by atoms with E-state index in [2.05, 4.69) is 0 Å². The number of likely N-dealkylation sites (N-methyl/N-ethyl adjacent to an activating group) is 1. The highest BCUT2D eigenvalue weighted by molar-refractivity contribution is 5.96. The van der Waals surface area contributed by atoms with E-state index in [0.29, 0.717) is 5.57 Å². The largest absolute Gasteiger partial charge is 0.437 e. The first kappa shape index (κ1) is 13.7. The van der Waals surface area contributed by atoms with Gasteiger partial charge in [-0.05, 0) is 32.8 Å². The minimum atomic E-state index is -0.563. The molecule has 0 N–H and O–H groups in total. The Morgan fingerprint density at radius 3 is 2.29 bits per heavy atom. The summed E-state index contributed by atoms with van der Waals surface area (Å²) in [6, 6.07) is 0. The molecule has 1 amide bonds. The number of rotatable bonds is 2. The van der Waals surface area contributed by atoms with Crippen LogP contribution in [0.25, 0.3) is 0 Å². The lowest BCUT2D eigenvalue weighted by Gasteiger charge is -2.24. The van der Waals surface area contributed by atoms with Crippen LogP contribution in [-0.2, 0) is 14.3 Å². The SMILES string of the molecule is CC(C)C1=CC(OC(=O)C(C)(C)C)N(C)C1=O. The van der Waals surface area contributed by atoms with Crippen LogP contribution in [0.3, 0.4) is 0 Å². The average molecular weight is 239 g/mol. The third kappa shape index (κ3) is 2.87. The van der Waals surface area contributed by atoms with Crippen molar-refractivity contribution in [3.8, 4) is 0 Å². The molecular formula is C13H21NO3. The van der Waals surface area contributed by atoms with E-state index in [0.717, 1.165) is 0 Å². The van der Waals surface area contributed by atoms with E-state index >= 15 is 0 Å². The maximum atomic E-state index is 11.9. The smallest absolute Gasteiger partial charge is 0.313 e. The van der Waals surface area contributed by atoms with Crippen molar-refractivity contribution < 1.29 is 14.3 Å². The topological polar surface area (TPSA) is 46.6 Å². The zero-order valence-electron chi connectivity index (χ0n) is 11.4. The maximum absolute atomic E-state index is 11.9.